The molecule has 0 aliphatic carbocycles. The first kappa shape index (κ1) is 14.2. The Morgan fingerprint density at radius 2 is 2.17 bits per heavy atom. The summed E-state index contributed by atoms with van der Waals surface area (Å²) < 4.78 is 16.8. The molecule has 0 radical (unpaired) electrons. The molecule has 1 aromatic rings. The highest BCUT2D eigenvalue weighted by atomic mass is 19.1. The highest BCUT2D eigenvalue weighted by Crippen LogP contribution is 2.10. The van der Waals surface area contributed by atoms with E-state index in [0.29, 0.717) is 12.0 Å². The summed E-state index contributed by atoms with van der Waals surface area (Å²) >= 11 is 0. The number of carbonyl (C=O) groups excluding carboxylic acids is 1. The van der Waals surface area contributed by atoms with E-state index in [0.717, 1.165) is 5.56 Å². The van der Waals surface area contributed by atoms with Gasteiger partial charge in [0.25, 0.3) is 0 Å². The van der Waals surface area contributed by atoms with Crippen LogP contribution in [0.15, 0.2) is 24.3 Å². The molecule has 0 saturated heterocycles. The van der Waals surface area contributed by atoms with Gasteiger partial charge in [0, 0.05) is 19.3 Å². The number of methoxy groups -OCH3 is 1. The largest absolute Gasteiger partial charge is 0.465 e. The van der Waals surface area contributed by atoms with Gasteiger partial charge < -0.3 is 9.84 Å². The second-order valence-corrected chi connectivity index (χ2v) is 3.65. The van der Waals surface area contributed by atoms with Gasteiger partial charge in [-0.15, -0.1) is 5.92 Å². The molecule has 96 valence electrons. The van der Waals surface area contributed by atoms with E-state index in [2.05, 4.69) is 16.6 Å². The Bertz CT molecular complexity index is 458. The number of hydrogen-bond acceptors (Lipinski definition) is 3. The minimum absolute atomic E-state index is 0.00560. The number of aliphatic hydroxyl groups excluding tert-OH is 1. The zero-order valence-corrected chi connectivity index (χ0v) is 10.1. The minimum Gasteiger partial charge on any atom is -0.465 e. The van der Waals surface area contributed by atoms with E-state index in [9.17, 15) is 9.18 Å². The van der Waals surface area contributed by atoms with Crippen LogP contribution in [-0.4, -0.2) is 24.5 Å². The summed E-state index contributed by atoms with van der Waals surface area (Å²) in [7, 11) is 1.33. The highest BCUT2D eigenvalue weighted by Gasteiger charge is 2.09. The van der Waals surface area contributed by atoms with Crippen LogP contribution >= 0.6 is 0 Å². The number of esters is 1. The van der Waals surface area contributed by atoms with Crippen LogP contribution < -0.4 is 0 Å². The Kier molecular flexibility index (Phi) is 5.89. The van der Waals surface area contributed by atoms with E-state index < -0.39 is 12.3 Å². The normalized spacial score (nSPS) is 11.3. The van der Waals surface area contributed by atoms with Gasteiger partial charge in [-0.2, -0.15) is 0 Å². The Hall–Kier alpha value is -1.86. The first-order chi connectivity index (χ1) is 8.65. The lowest BCUT2D eigenvalue weighted by Gasteiger charge is -2.03. The Morgan fingerprint density at radius 3 is 2.83 bits per heavy atom. The minimum atomic E-state index is -1.82. The number of benzene rings is 1. The van der Waals surface area contributed by atoms with Crippen LogP contribution in [0.4, 0.5) is 4.39 Å². The van der Waals surface area contributed by atoms with Gasteiger partial charge in [0.1, 0.15) is 0 Å². The van der Waals surface area contributed by atoms with Crippen LogP contribution in [0.25, 0.3) is 0 Å². The molecule has 1 atom stereocenters. The zero-order valence-electron chi connectivity index (χ0n) is 10.1. The first-order valence-electron chi connectivity index (χ1n) is 5.59. The van der Waals surface area contributed by atoms with Crippen molar-refractivity contribution in [3.05, 3.63) is 35.4 Å². The number of ether oxygens (including phenoxy) is 1. The van der Waals surface area contributed by atoms with E-state index in [-0.39, 0.29) is 12.8 Å². The molecule has 0 fully saturated rings. The Balaban J connectivity index is 2.64. The third-order valence-electron chi connectivity index (χ3n) is 2.33. The van der Waals surface area contributed by atoms with E-state index in [1.165, 1.54) is 7.11 Å². The van der Waals surface area contributed by atoms with Crippen molar-refractivity contribution in [3.8, 4) is 11.8 Å². The van der Waals surface area contributed by atoms with E-state index in [1.54, 1.807) is 18.2 Å². The molecule has 1 N–H and O–H groups in total. The molecule has 0 bridgehead atoms. The van der Waals surface area contributed by atoms with E-state index >= 15 is 0 Å². The quantitative estimate of drug-likeness (QED) is 0.657. The molecular weight excluding hydrogens is 235 g/mol. The van der Waals surface area contributed by atoms with Gasteiger partial charge >= 0.3 is 5.97 Å². The summed E-state index contributed by atoms with van der Waals surface area (Å²) in [6.07, 6.45) is -1.13. The van der Waals surface area contributed by atoms with E-state index in [4.69, 9.17) is 5.11 Å². The summed E-state index contributed by atoms with van der Waals surface area (Å²) in [6.45, 7) is 0. The molecular formula is C14H15FO3. The van der Waals surface area contributed by atoms with Crippen LogP contribution in [0, 0.1) is 11.8 Å². The van der Waals surface area contributed by atoms with Crippen molar-refractivity contribution < 1.29 is 19.0 Å². The fourth-order valence-electron chi connectivity index (χ4n) is 1.42. The molecule has 18 heavy (non-hydrogen) atoms. The van der Waals surface area contributed by atoms with Crippen molar-refractivity contribution in [1.82, 2.24) is 0 Å². The monoisotopic (exact) mass is 250 g/mol. The summed E-state index contributed by atoms with van der Waals surface area (Å²) in [5.41, 5.74) is 1.26. The predicted octanol–water partition coefficient (Wildman–Crippen LogP) is 2.09. The molecule has 0 aromatic heterocycles. The third-order valence-corrected chi connectivity index (χ3v) is 2.33. The Morgan fingerprint density at radius 1 is 1.44 bits per heavy atom. The van der Waals surface area contributed by atoms with Crippen LogP contribution in [0.1, 0.15) is 28.8 Å². The number of halogens is 1. The third kappa shape index (κ3) is 4.56. The molecule has 0 heterocycles. The molecule has 0 spiro atoms. The Labute approximate surface area is 106 Å². The molecule has 4 heteroatoms. The van der Waals surface area contributed by atoms with Gasteiger partial charge in [-0.25, -0.2) is 9.18 Å². The number of alkyl halides is 1. The molecule has 1 rings (SSSR count). The van der Waals surface area contributed by atoms with Crippen molar-refractivity contribution in [1.29, 1.82) is 0 Å². The van der Waals surface area contributed by atoms with Gasteiger partial charge in [-0.1, -0.05) is 24.1 Å². The summed E-state index contributed by atoms with van der Waals surface area (Å²) in [6, 6.07) is 7.04. The molecule has 1 unspecified atom stereocenters. The fraction of sp³-hybridized carbons (Fsp3) is 0.357. The molecule has 0 aliphatic rings. The van der Waals surface area contributed by atoms with Gasteiger partial charge in [-0.05, 0) is 11.6 Å². The standard InChI is InChI=1S/C14H15FO3/c1-18-14(17)12-9-6-5-8-11(12)7-3-2-4-10-13(15)16/h5-6,8-9,13,16H,4,7,10H2,1H3. The van der Waals surface area contributed by atoms with Crippen molar-refractivity contribution in [2.75, 3.05) is 7.11 Å². The smallest absolute Gasteiger partial charge is 0.338 e. The van der Waals surface area contributed by atoms with Crippen molar-refractivity contribution in [2.24, 2.45) is 0 Å². The topological polar surface area (TPSA) is 46.5 Å². The number of hydrogen-bond donors (Lipinski definition) is 1. The number of carbonyl (C=O) groups is 1. The van der Waals surface area contributed by atoms with E-state index in [1.807, 2.05) is 6.07 Å². The SMILES string of the molecule is COC(=O)c1ccccc1CC#CCCC(O)F. The second kappa shape index (κ2) is 7.46. The maximum absolute atomic E-state index is 12.1. The van der Waals surface area contributed by atoms with Crippen LogP contribution in [0.3, 0.4) is 0 Å². The molecule has 3 nitrogen and oxygen atoms in total. The van der Waals surface area contributed by atoms with Crippen LogP contribution in [0.5, 0.6) is 0 Å². The maximum Gasteiger partial charge on any atom is 0.338 e. The first-order valence-corrected chi connectivity index (χ1v) is 5.59. The molecule has 0 amide bonds. The second-order valence-electron chi connectivity index (χ2n) is 3.65. The lowest BCUT2D eigenvalue weighted by atomic mass is 10.0. The number of rotatable bonds is 4. The lowest BCUT2D eigenvalue weighted by molar-refractivity contribution is 0.0360. The molecule has 0 saturated carbocycles. The average Bonchev–Trinajstić information content (AvgIpc) is 2.37. The average molecular weight is 250 g/mol. The summed E-state index contributed by atoms with van der Waals surface area (Å²) in [4.78, 5) is 11.5. The fourth-order valence-corrected chi connectivity index (χ4v) is 1.42. The van der Waals surface area contributed by atoms with Gasteiger partial charge in [0.05, 0.1) is 12.7 Å². The molecule has 0 aliphatic heterocycles. The molecule has 1 aromatic carbocycles. The summed E-state index contributed by atoms with van der Waals surface area (Å²) in [5, 5.41) is 8.42. The maximum atomic E-state index is 12.1. The lowest BCUT2D eigenvalue weighted by Crippen LogP contribution is -2.05. The summed E-state index contributed by atoms with van der Waals surface area (Å²) in [5.74, 6) is 5.19. The van der Waals surface area contributed by atoms with Crippen LogP contribution in [0.2, 0.25) is 0 Å². The van der Waals surface area contributed by atoms with Crippen molar-refractivity contribution in [2.45, 2.75) is 25.6 Å². The van der Waals surface area contributed by atoms with Gasteiger partial charge in [-0.3, -0.25) is 0 Å². The van der Waals surface area contributed by atoms with Gasteiger partial charge in [0.15, 0.2) is 6.36 Å². The zero-order chi connectivity index (χ0) is 13.4. The predicted molar refractivity (Wildman–Crippen MR) is 65.6 cm³/mol. The highest BCUT2D eigenvalue weighted by molar-refractivity contribution is 5.91. The number of aliphatic hydroxyl groups is 1. The van der Waals surface area contributed by atoms with Crippen molar-refractivity contribution >= 4 is 5.97 Å². The van der Waals surface area contributed by atoms with Crippen LogP contribution in [-0.2, 0) is 11.2 Å². The van der Waals surface area contributed by atoms with Crippen molar-refractivity contribution in [3.63, 3.8) is 0 Å². The van der Waals surface area contributed by atoms with Gasteiger partial charge in [0.2, 0.25) is 0 Å².